The normalized spacial score (nSPS) is 18.5. The predicted molar refractivity (Wildman–Crippen MR) is 214 cm³/mol. The van der Waals surface area contributed by atoms with Crippen molar-refractivity contribution in [1.29, 1.82) is 0 Å². The second-order valence-corrected chi connectivity index (χ2v) is 15.0. The molecule has 286 valence electrons. The van der Waals surface area contributed by atoms with Crippen LogP contribution in [0.2, 0.25) is 0 Å². The standard InChI is InChI=1S/C43H51N9O3/c1-4-37-35(40(48-31-14-16-55-17-15-31)36-24-47-52(5-2)41(36)50-37)23-46-43(54)39-11-7-10-38(49-39)42(53)45-21-28-13-12-27(3)34(19-28)30-9-6-8-29(18-30)25-51-26-32-20-33(51)22-44-32/h6-13,18-19,24,31-33,44H,4-5,14-17,20-23,25-26H2,1-3H3,(H,45,53)(H,46,54)(H,48,50)/t32-,33-/m1/s1. The van der Waals surface area contributed by atoms with Crippen molar-refractivity contribution in [2.45, 2.75) is 90.8 Å². The van der Waals surface area contributed by atoms with E-state index in [4.69, 9.17) is 9.72 Å². The van der Waals surface area contributed by atoms with Crippen LogP contribution in [0.25, 0.3) is 22.2 Å². The Labute approximate surface area is 322 Å². The Kier molecular flexibility index (Phi) is 10.9. The summed E-state index contributed by atoms with van der Waals surface area (Å²) >= 11 is 0. The third-order valence-corrected chi connectivity index (χ3v) is 11.4. The van der Waals surface area contributed by atoms with Crippen LogP contribution in [0.5, 0.6) is 0 Å². The third-order valence-electron chi connectivity index (χ3n) is 11.4. The van der Waals surface area contributed by atoms with Crippen molar-refractivity contribution in [2.75, 3.05) is 31.6 Å². The van der Waals surface area contributed by atoms with Crippen molar-refractivity contribution in [2.24, 2.45) is 0 Å². The van der Waals surface area contributed by atoms with Gasteiger partial charge in [-0.3, -0.25) is 14.5 Å². The zero-order valence-corrected chi connectivity index (χ0v) is 32.0. The fourth-order valence-corrected chi connectivity index (χ4v) is 8.32. The van der Waals surface area contributed by atoms with Gasteiger partial charge in [-0.15, -0.1) is 0 Å². The molecule has 2 aromatic carbocycles. The van der Waals surface area contributed by atoms with Crippen LogP contribution < -0.4 is 21.3 Å². The molecule has 0 aliphatic carbocycles. The topological polar surface area (TPSA) is 138 Å². The van der Waals surface area contributed by atoms with E-state index in [-0.39, 0.29) is 35.8 Å². The van der Waals surface area contributed by atoms with Gasteiger partial charge in [-0.05, 0) is 91.6 Å². The first-order valence-electron chi connectivity index (χ1n) is 19.8. The van der Waals surface area contributed by atoms with Gasteiger partial charge in [-0.2, -0.15) is 5.10 Å². The summed E-state index contributed by atoms with van der Waals surface area (Å²) in [6.07, 6.45) is 5.59. The number of fused-ring (bicyclic) bond motifs is 3. The van der Waals surface area contributed by atoms with Crippen molar-refractivity contribution in [3.63, 3.8) is 0 Å². The van der Waals surface area contributed by atoms with Gasteiger partial charge in [0.25, 0.3) is 11.8 Å². The molecule has 3 saturated heterocycles. The predicted octanol–water partition coefficient (Wildman–Crippen LogP) is 5.38. The van der Waals surface area contributed by atoms with Gasteiger partial charge in [-0.25, -0.2) is 14.6 Å². The number of nitrogens with one attached hydrogen (secondary N) is 4. The quantitative estimate of drug-likeness (QED) is 0.125. The molecule has 3 fully saturated rings. The highest BCUT2D eigenvalue weighted by molar-refractivity contribution is 5.97. The van der Waals surface area contributed by atoms with Crippen LogP contribution in [0, 0.1) is 6.92 Å². The van der Waals surface area contributed by atoms with Crippen molar-refractivity contribution >= 4 is 28.5 Å². The number of carbonyl (C=O) groups is 2. The number of piperazine rings is 1. The highest BCUT2D eigenvalue weighted by Gasteiger charge is 2.37. The molecule has 8 rings (SSSR count). The maximum Gasteiger partial charge on any atom is 0.270 e. The van der Waals surface area contributed by atoms with Crippen molar-refractivity contribution in [3.8, 4) is 11.1 Å². The number of aryl methyl sites for hydroxylation is 3. The Morgan fingerprint density at radius 2 is 1.71 bits per heavy atom. The van der Waals surface area contributed by atoms with Gasteiger partial charge in [0.1, 0.15) is 11.4 Å². The number of likely N-dealkylation sites (tertiary alicyclic amines) is 1. The summed E-state index contributed by atoms with van der Waals surface area (Å²) < 4.78 is 7.50. The van der Waals surface area contributed by atoms with E-state index < -0.39 is 0 Å². The Balaban J connectivity index is 0.932. The summed E-state index contributed by atoms with van der Waals surface area (Å²) in [7, 11) is 0. The minimum atomic E-state index is -0.364. The van der Waals surface area contributed by atoms with Gasteiger partial charge in [0.15, 0.2) is 5.65 Å². The molecular formula is C43H51N9O3. The first-order valence-corrected chi connectivity index (χ1v) is 19.8. The van der Waals surface area contributed by atoms with Crippen molar-refractivity contribution in [1.82, 2.24) is 40.6 Å². The van der Waals surface area contributed by atoms with E-state index in [1.165, 1.54) is 23.1 Å². The van der Waals surface area contributed by atoms with Crippen LogP contribution in [0.3, 0.4) is 0 Å². The van der Waals surface area contributed by atoms with Crippen LogP contribution in [0.15, 0.2) is 66.9 Å². The van der Waals surface area contributed by atoms with Gasteiger partial charge in [0, 0.05) is 81.9 Å². The minimum Gasteiger partial charge on any atom is -0.381 e. The number of carbonyl (C=O) groups excluding carboxylic acids is 2. The molecule has 55 heavy (non-hydrogen) atoms. The fourth-order valence-electron chi connectivity index (χ4n) is 8.32. The molecule has 2 amide bonds. The molecular weight excluding hydrogens is 691 g/mol. The molecule has 2 atom stereocenters. The summed E-state index contributed by atoms with van der Waals surface area (Å²) in [5.41, 5.74) is 9.79. The molecule has 2 bridgehead atoms. The van der Waals surface area contributed by atoms with E-state index in [0.29, 0.717) is 44.8 Å². The van der Waals surface area contributed by atoms with Crippen molar-refractivity contribution < 1.29 is 14.3 Å². The number of amides is 2. The summed E-state index contributed by atoms with van der Waals surface area (Å²) in [6, 6.07) is 21.6. The lowest BCUT2D eigenvalue weighted by Crippen LogP contribution is -2.42. The minimum absolute atomic E-state index is 0.174. The average molecular weight is 742 g/mol. The zero-order valence-electron chi connectivity index (χ0n) is 32.0. The maximum absolute atomic E-state index is 13.6. The Bertz CT molecular complexity index is 2190. The number of nitrogens with zero attached hydrogens (tertiary/aromatic N) is 5. The molecule has 3 aromatic heterocycles. The van der Waals surface area contributed by atoms with Gasteiger partial charge in [0.2, 0.25) is 0 Å². The molecule has 3 aliphatic rings. The lowest BCUT2D eigenvalue weighted by molar-refractivity contribution is 0.0904. The number of ether oxygens (including phenoxy) is 1. The number of hydrogen-bond acceptors (Lipinski definition) is 9. The van der Waals surface area contributed by atoms with Crippen LogP contribution >= 0.6 is 0 Å². The van der Waals surface area contributed by atoms with Gasteiger partial charge in [-0.1, -0.05) is 43.3 Å². The summed E-state index contributed by atoms with van der Waals surface area (Å²) in [4.78, 5) is 39.0. The summed E-state index contributed by atoms with van der Waals surface area (Å²) in [6.45, 7) is 12.1. The highest BCUT2D eigenvalue weighted by Crippen LogP contribution is 2.32. The molecule has 12 nitrogen and oxygen atoms in total. The lowest BCUT2D eigenvalue weighted by atomic mass is 9.96. The van der Waals surface area contributed by atoms with E-state index in [0.717, 1.165) is 71.6 Å². The number of aromatic nitrogens is 4. The second-order valence-electron chi connectivity index (χ2n) is 15.0. The number of anilines is 1. The molecule has 4 N–H and O–H groups in total. The third kappa shape index (κ3) is 7.98. The largest absolute Gasteiger partial charge is 0.381 e. The van der Waals surface area contributed by atoms with E-state index >= 15 is 0 Å². The fraction of sp³-hybridized carbons (Fsp3) is 0.419. The molecule has 0 saturated carbocycles. The average Bonchev–Trinajstić information content (AvgIpc) is 3.97. The number of benzene rings is 2. The first kappa shape index (κ1) is 36.8. The Morgan fingerprint density at radius 3 is 2.44 bits per heavy atom. The first-order chi connectivity index (χ1) is 26.9. The van der Waals surface area contributed by atoms with E-state index in [1.807, 2.05) is 16.9 Å². The monoisotopic (exact) mass is 741 g/mol. The summed E-state index contributed by atoms with van der Waals surface area (Å²) in [5, 5.41) is 19.0. The SMILES string of the molecule is CCc1nc2c(cnn2CC)c(NC2CCOCC2)c1CNC(=O)c1cccc(C(=O)NCc2ccc(C)c(-c3cccc(CN4C[C@H]5C[C@@H]4CN5)c3)c2)n1. The lowest BCUT2D eigenvalue weighted by Gasteiger charge is -2.27. The number of rotatable bonds is 13. The molecule has 0 spiro atoms. The zero-order chi connectivity index (χ0) is 37.9. The Morgan fingerprint density at radius 1 is 0.927 bits per heavy atom. The molecule has 12 heteroatoms. The molecule has 6 heterocycles. The van der Waals surface area contributed by atoms with E-state index in [2.05, 4.69) is 93.4 Å². The summed E-state index contributed by atoms with van der Waals surface area (Å²) in [5.74, 6) is -0.704. The maximum atomic E-state index is 13.6. The molecule has 0 unspecified atom stereocenters. The van der Waals surface area contributed by atoms with E-state index in [1.54, 1.807) is 18.2 Å². The Hall–Kier alpha value is -5.17. The number of pyridine rings is 2. The number of hydrogen-bond donors (Lipinski definition) is 4. The molecule has 3 aliphatic heterocycles. The van der Waals surface area contributed by atoms with Gasteiger partial charge >= 0.3 is 0 Å². The van der Waals surface area contributed by atoms with Gasteiger partial charge < -0.3 is 26.0 Å². The van der Waals surface area contributed by atoms with Crippen LogP contribution in [-0.4, -0.2) is 80.9 Å². The molecule has 5 aromatic rings. The van der Waals surface area contributed by atoms with Crippen LogP contribution in [-0.2, 0) is 37.3 Å². The van der Waals surface area contributed by atoms with E-state index in [9.17, 15) is 9.59 Å². The van der Waals surface area contributed by atoms with Gasteiger partial charge in [0.05, 0.1) is 17.3 Å². The smallest absolute Gasteiger partial charge is 0.270 e. The van der Waals surface area contributed by atoms with Crippen LogP contribution in [0.4, 0.5) is 5.69 Å². The second kappa shape index (κ2) is 16.3. The van der Waals surface area contributed by atoms with Crippen molar-refractivity contribution in [3.05, 3.63) is 106 Å². The highest BCUT2D eigenvalue weighted by atomic mass is 16.5. The molecule has 0 radical (unpaired) electrons. The van der Waals surface area contributed by atoms with Crippen LogP contribution in [0.1, 0.15) is 82.0 Å².